The van der Waals surface area contributed by atoms with Gasteiger partial charge in [0.15, 0.2) is 0 Å². The fourth-order valence-corrected chi connectivity index (χ4v) is 3.43. The monoisotopic (exact) mass is 324 g/mol. The van der Waals surface area contributed by atoms with E-state index in [0.29, 0.717) is 6.61 Å². The smallest absolute Gasteiger partial charge is 0.316 e. The van der Waals surface area contributed by atoms with Crippen molar-refractivity contribution in [3.8, 4) is 0 Å². The van der Waals surface area contributed by atoms with Crippen molar-refractivity contribution in [3.63, 3.8) is 0 Å². The van der Waals surface area contributed by atoms with Gasteiger partial charge in [-0.3, -0.25) is 4.79 Å². The van der Waals surface area contributed by atoms with Crippen LogP contribution in [0.2, 0.25) is 0 Å². The molecule has 2 nitrogen and oxygen atoms in total. The van der Waals surface area contributed by atoms with Crippen LogP contribution in [0.3, 0.4) is 0 Å². The Kier molecular flexibility index (Phi) is 7.05. The van der Waals surface area contributed by atoms with Crippen LogP contribution in [0.4, 0.5) is 0 Å². The van der Waals surface area contributed by atoms with Crippen molar-refractivity contribution in [1.29, 1.82) is 0 Å². The number of carbonyl (C=O) groups is 1. The van der Waals surface area contributed by atoms with Crippen molar-refractivity contribution in [2.75, 3.05) is 6.61 Å². The predicted octanol–water partition coefficient (Wildman–Crippen LogP) is 5.31. The lowest BCUT2D eigenvalue weighted by Gasteiger charge is -2.32. The van der Waals surface area contributed by atoms with Crippen LogP contribution in [0.5, 0.6) is 0 Å². The molecule has 0 aliphatic rings. The maximum absolute atomic E-state index is 12.9. The zero-order valence-electron chi connectivity index (χ0n) is 14.8. The van der Waals surface area contributed by atoms with Crippen molar-refractivity contribution in [2.45, 2.75) is 51.4 Å². The van der Waals surface area contributed by atoms with E-state index < -0.39 is 5.41 Å². The average Bonchev–Trinajstić information content (AvgIpc) is 2.63. The Morgan fingerprint density at radius 1 is 0.917 bits per heavy atom. The van der Waals surface area contributed by atoms with Gasteiger partial charge in [0, 0.05) is 0 Å². The van der Waals surface area contributed by atoms with Gasteiger partial charge < -0.3 is 4.74 Å². The van der Waals surface area contributed by atoms with Crippen molar-refractivity contribution in [3.05, 3.63) is 71.8 Å². The van der Waals surface area contributed by atoms with Crippen LogP contribution < -0.4 is 0 Å². The van der Waals surface area contributed by atoms with Crippen LogP contribution in [0.1, 0.15) is 50.7 Å². The van der Waals surface area contributed by atoms with Gasteiger partial charge in [-0.1, -0.05) is 74.0 Å². The number of hydrogen-bond acceptors (Lipinski definition) is 2. The molecule has 0 radical (unpaired) electrons. The minimum Gasteiger partial charge on any atom is -0.465 e. The standard InChI is InChI=1S/C22H28O2/c1-3-17-22(21(23)24-4-2,20-15-9-6-10-16-20)18-11-14-19-12-7-5-8-13-19/h5-10,12-13,15-16H,3-4,11,14,17-18H2,1-2H3. The molecule has 1 atom stereocenters. The third-order valence-electron chi connectivity index (χ3n) is 4.58. The van der Waals surface area contributed by atoms with Crippen LogP contribution in [-0.4, -0.2) is 12.6 Å². The van der Waals surface area contributed by atoms with Crippen LogP contribution >= 0.6 is 0 Å². The maximum Gasteiger partial charge on any atom is 0.316 e. The SMILES string of the molecule is CCCC(CCCc1ccccc1)(C(=O)OCC)c1ccccc1. The normalized spacial score (nSPS) is 13.2. The first-order valence-corrected chi connectivity index (χ1v) is 8.99. The highest BCUT2D eigenvalue weighted by atomic mass is 16.5. The fourth-order valence-electron chi connectivity index (χ4n) is 3.43. The second-order valence-corrected chi connectivity index (χ2v) is 6.26. The average molecular weight is 324 g/mol. The molecule has 0 bridgehead atoms. The minimum atomic E-state index is -0.527. The van der Waals surface area contributed by atoms with Gasteiger partial charge in [0.05, 0.1) is 12.0 Å². The van der Waals surface area contributed by atoms with Gasteiger partial charge in [-0.15, -0.1) is 0 Å². The van der Waals surface area contributed by atoms with E-state index in [2.05, 4.69) is 43.3 Å². The van der Waals surface area contributed by atoms with Crippen LogP contribution in [-0.2, 0) is 21.4 Å². The summed E-state index contributed by atoms with van der Waals surface area (Å²) in [6.45, 7) is 4.44. The van der Waals surface area contributed by atoms with E-state index in [0.717, 1.165) is 37.7 Å². The molecular formula is C22H28O2. The van der Waals surface area contributed by atoms with Crippen molar-refractivity contribution >= 4 is 5.97 Å². The van der Waals surface area contributed by atoms with Crippen molar-refractivity contribution in [2.24, 2.45) is 0 Å². The van der Waals surface area contributed by atoms with E-state index in [4.69, 9.17) is 4.74 Å². The maximum atomic E-state index is 12.9. The largest absolute Gasteiger partial charge is 0.465 e. The number of esters is 1. The molecule has 0 amide bonds. The van der Waals surface area contributed by atoms with E-state index in [1.165, 1.54) is 5.56 Å². The summed E-state index contributed by atoms with van der Waals surface area (Å²) >= 11 is 0. The quantitative estimate of drug-likeness (QED) is 0.584. The summed E-state index contributed by atoms with van der Waals surface area (Å²) in [5.74, 6) is -0.0777. The number of rotatable bonds is 9. The lowest BCUT2D eigenvalue weighted by Crippen LogP contribution is -2.37. The molecule has 0 aliphatic carbocycles. The van der Waals surface area contributed by atoms with Gasteiger partial charge >= 0.3 is 5.97 Å². The van der Waals surface area contributed by atoms with E-state index in [9.17, 15) is 4.79 Å². The Balaban J connectivity index is 2.21. The molecule has 0 N–H and O–H groups in total. The summed E-state index contributed by atoms with van der Waals surface area (Å²) in [6.07, 6.45) is 4.55. The molecule has 0 fully saturated rings. The highest BCUT2D eigenvalue weighted by molar-refractivity contribution is 5.83. The van der Waals surface area contributed by atoms with Crippen LogP contribution in [0.15, 0.2) is 60.7 Å². The summed E-state index contributed by atoms with van der Waals surface area (Å²) in [4.78, 5) is 12.9. The molecule has 0 saturated carbocycles. The summed E-state index contributed by atoms with van der Waals surface area (Å²) in [7, 11) is 0. The first kappa shape index (κ1) is 18.3. The molecule has 2 aromatic carbocycles. The first-order valence-electron chi connectivity index (χ1n) is 8.99. The molecule has 0 saturated heterocycles. The van der Waals surface area contributed by atoms with Gasteiger partial charge in [-0.05, 0) is 43.7 Å². The van der Waals surface area contributed by atoms with Crippen LogP contribution in [0, 0.1) is 0 Å². The molecule has 1 unspecified atom stereocenters. The Hall–Kier alpha value is -2.09. The Bertz CT molecular complexity index is 606. The molecule has 2 rings (SSSR count). The Labute approximate surface area is 145 Å². The Morgan fingerprint density at radius 3 is 2.12 bits per heavy atom. The van der Waals surface area contributed by atoms with Gasteiger partial charge in [0.2, 0.25) is 0 Å². The van der Waals surface area contributed by atoms with Gasteiger partial charge in [0.25, 0.3) is 0 Å². The first-order chi connectivity index (χ1) is 11.7. The van der Waals surface area contributed by atoms with E-state index in [-0.39, 0.29) is 5.97 Å². The number of benzene rings is 2. The number of aryl methyl sites for hydroxylation is 1. The highest BCUT2D eigenvalue weighted by Crippen LogP contribution is 2.36. The molecule has 0 aromatic heterocycles. The highest BCUT2D eigenvalue weighted by Gasteiger charge is 2.40. The van der Waals surface area contributed by atoms with Crippen molar-refractivity contribution < 1.29 is 9.53 Å². The number of hydrogen-bond donors (Lipinski definition) is 0. The van der Waals surface area contributed by atoms with Crippen LogP contribution in [0.25, 0.3) is 0 Å². The van der Waals surface area contributed by atoms with Gasteiger partial charge in [-0.2, -0.15) is 0 Å². The second kappa shape index (κ2) is 9.27. The minimum absolute atomic E-state index is 0.0777. The number of ether oxygens (including phenoxy) is 1. The molecule has 0 aliphatic heterocycles. The summed E-state index contributed by atoms with van der Waals surface area (Å²) in [5.41, 5.74) is 1.87. The fraction of sp³-hybridized carbons (Fsp3) is 0.409. The zero-order chi connectivity index (χ0) is 17.3. The molecule has 24 heavy (non-hydrogen) atoms. The van der Waals surface area contributed by atoms with E-state index >= 15 is 0 Å². The Morgan fingerprint density at radius 2 is 1.54 bits per heavy atom. The summed E-state index contributed by atoms with van der Waals surface area (Å²) in [5, 5.41) is 0. The van der Waals surface area contributed by atoms with E-state index in [1.54, 1.807) is 0 Å². The van der Waals surface area contributed by atoms with Gasteiger partial charge in [0.1, 0.15) is 0 Å². The molecular weight excluding hydrogens is 296 g/mol. The molecule has 0 spiro atoms. The second-order valence-electron chi connectivity index (χ2n) is 6.26. The van der Waals surface area contributed by atoms with Gasteiger partial charge in [-0.25, -0.2) is 0 Å². The third-order valence-corrected chi connectivity index (χ3v) is 4.58. The summed E-state index contributed by atoms with van der Waals surface area (Å²) < 4.78 is 5.48. The van der Waals surface area contributed by atoms with Crippen molar-refractivity contribution in [1.82, 2.24) is 0 Å². The molecule has 0 heterocycles. The predicted molar refractivity (Wildman–Crippen MR) is 99.0 cm³/mol. The number of carbonyl (C=O) groups excluding carboxylic acids is 1. The lowest BCUT2D eigenvalue weighted by molar-refractivity contribution is -0.151. The molecule has 2 aromatic rings. The topological polar surface area (TPSA) is 26.3 Å². The van der Waals surface area contributed by atoms with E-state index in [1.807, 2.05) is 31.2 Å². The molecule has 2 heteroatoms. The third kappa shape index (κ3) is 4.47. The molecule has 128 valence electrons. The lowest BCUT2D eigenvalue weighted by atomic mass is 9.73. The zero-order valence-corrected chi connectivity index (χ0v) is 14.8. The summed E-state index contributed by atoms with van der Waals surface area (Å²) in [6, 6.07) is 20.6.